The first-order chi connectivity index (χ1) is 13.8. The van der Waals surface area contributed by atoms with E-state index in [4.69, 9.17) is 0 Å². The number of amides is 2. The molecule has 2 aliphatic rings. The number of hydrogen-bond donors (Lipinski definition) is 1. The van der Waals surface area contributed by atoms with Crippen LogP contribution in [-0.4, -0.2) is 52.6 Å². The largest absolute Gasteiger partial charge is 0.433 e. The fourth-order valence-corrected chi connectivity index (χ4v) is 4.35. The van der Waals surface area contributed by atoms with Crippen molar-refractivity contribution < 1.29 is 18.0 Å². The summed E-state index contributed by atoms with van der Waals surface area (Å²) in [5.41, 5.74) is -0.912. The van der Waals surface area contributed by atoms with Gasteiger partial charge in [-0.25, -0.2) is 14.8 Å². The molecule has 3 rings (SSSR count). The number of carbonyl (C=O) groups excluding carboxylic acids is 1. The average molecular weight is 413 g/mol. The highest BCUT2D eigenvalue weighted by molar-refractivity contribution is 5.74. The van der Waals surface area contributed by atoms with E-state index in [9.17, 15) is 18.0 Å². The van der Waals surface area contributed by atoms with E-state index in [0.29, 0.717) is 19.0 Å². The van der Waals surface area contributed by atoms with E-state index in [1.807, 2.05) is 23.6 Å². The number of hydrogen-bond acceptors (Lipinski definition) is 4. The Balaban J connectivity index is 1.66. The monoisotopic (exact) mass is 413 g/mol. The van der Waals surface area contributed by atoms with E-state index in [2.05, 4.69) is 15.3 Å². The van der Waals surface area contributed by atoms with Gasteiger partial charge in [0.1, 0.15) is 5.69 Å². The molecule has 0 saturated carbocycles. The van der Waals surface area contributed by atoms with Gasteiger partial charge < -0.3 is 15.1 Å². The van der Waals surface area contributed by atoms with Crippen molar-refractivity contribution in [2.45, 2.75) is 70.6 Å². The number of piperidine rings is 1. The molecule has 0 spiro atoms. The normalized spacial score (nSPS) is 21.9. The topological polar surface area (TPSA) is 61.4 Å². The molecule has 162 valence electrons. The van der Waals surface area contributed by atoms with Crippen LogP contribution >= 0.6 is 0 Å². The molecule has 1 aromatic heterocycles. The molecule has 1 atom stereocenters. The molecular weight excluding hydrogens is 383 g/mol. The third-order valence-electron chi connectivity index (χ3n) is 5.77. The summed E-state index contributed by atoms with van der Waals surface area (Å²) >= 11 is 0. The van der Waals surface area contributed by atoms with E-state index < -0.39 is 11.9 Å². The SMILES string of the molecule is CC(C)NC(=O)N1CCCCC[C@H]1C1CCN(c2nccc(C(F)(F)F)n2)CC1. The summed E-state index contributed by atoms with van der Waals surface area (Å²) in [6.07, 6.45) is 2.55. The van der Waals surface area contributed by atoms with Crippen molar-refractivity contribution in [3.05, 3.63) is 18.0 Å². The Morgan fingerprint density at radius 3 is 2.52 bits per heavy atom. The molecule has 3 heterocycles. The number of halogens is 3. The lowest BCUT2D eigenvalue weighted by molar-refractivity contribution is -0.141. The Bertz CT molecular complexity index is 689. The Morgan fingerprint density at radius 1 is 1.14 bits per heavy atom. The zero-order valence-electron chi connectivity index (χ0n) is 17.1. The molecular formula is C20H30F3N5O. The molecule has 0 radical (unpaired) electrons. The summed E-state index contributed by atoms with van der Waals surface area (Å²) in [7, 11) is 0. The molecule has 0 bridgehead atoms. The number of aromatic nitrogens is 2. The smallest absolute Gasteiger partial charge is 0.341 e. The summed E-state index contributed by atoms with van der Waals surface area (Å²) < 4.78 is 38.8. The highest BCUT2D eigenvalue weighted by Gasteiger charge is 2.36. The molecule has 9 heteroatoms. The van der Waals surface area contributed by atoms with Crippen LogP contribution in [0.4, 0.5) is 23.9 Å². The van der Waals surface area contributed by atoms with Crippen molar-refractivity contribution in [2.75, 3.05) is 24.5 Å². The molecule has 0 unspecified atom stereocenters. The lowest BCUT2D eigenvalue weighted by Crippen LogP contribution is -2.52. The summed E-state index contributed by atoms with van der Waals surface area (Å²) in [5.74, 6) is 0.474. The Hall–Kier alpha value is -2.06. The fraction of sp³-hybridized carbons (Fsp3) is 0.750. The van der Waals surface area contributed by atoms with E-state index in [1.54, 1.807) is 0 Å². The van der Waals surface area contributed by atoms with Crippen LogP contribution in [0.2, 0.25) is 0 Å². The van der Waals surface area contributed by atoms with Gasteiger partial charge in [-0.3, -0.25) is 0 Å². The van der Waals surface area contributed by atoms with Gasteiger partial charge in [-0.15, -0.1) is 0 Å². The summed E-state index contributed by atoms with van der Waals surface area (Å²) in [6.45, 7) is 5.88. The van der Waals surface area contributed by atoms with Crippen LogP contribution in [0.25, 0.3) is 0 Å². The van der Waals surface area contributed by atoms with Gasteiger partial charge in [0.25, 0.3) is 0 Å². The lowest BCUT2D eigenvalue weighted by atomic mass is 9.86. The minimum Gasteiger partial charge on any atom is -0.341 e. The van der Waals surface area contributed by atoms with Crippen LogP contribution < -0.4 is 10.2 Å². The van der Waals surface area contributed by atoms with Gasteiger partial charge >= 0.3 is 12.2 Å². The van der Waals surface area contributed by atoms with Gasteiger partial charge in [0.2, 0.25) is 5.95 Å². The number of anilines is 1. The lowest BCUT2D eigenvalue weighted by Gasteiger charge is -2.41. The second kappa shape index (κ2) is 9.17. The fourth-order valence-electron chi connectivity index (χ4n) is 4.35. The molecule has 0 aliphatic carbocycles. The minimum absolute atomic E-state index is 0.00413. The number of likely N-dealkylation sites (tertiary alicyclic amines) is 1. The third kappa shape index (κ3) is 5.51. The predicted octanol–water partition coefficient (Wildman–Crippen LogP) is 4.07. The maximum absolute atomic E-state index is 12.9. The van der Waals surface area contributed by atoms with Crippen LogP contribution in [0.5, 0.6) is 0 Å². The van der Waals surface area contributed by atoms with Gasteiger partial charge in [-0.1, -0.05) is 12.8 Å². The Labute approximate surface area is 169 Å². The first-order valence-electron chi connectivity index (χ1n) is 10.5. The van der Waals surface area contributed by atoms with Gasteiger partial charge in [0.15, 0.2) is 0 Å². The van der Waals surface area contributed by atoms with Crippen molar-refractivity contribution in [3.8, 4) is 0 Å². The molecule has 2 aliphatic heterocycles. The number of nitrogens with one attached hydrogen (secondary N) is 1. The van der Waals surface area contributed by atoms with Crippen molar-refractivity contribution >= 4 is 12.0 Å². The van der Waals surface area contributed by atoms with E-state index in [1.165, 1.54) is 6.20 Å². The number of rotatable bonds is 3. The predicted molar refractivity (Wildman–Crippen MR) is 105 cm³/mol. The van der Waals surface area contributed by atoms with E-state index in [-0.39, 0.29) is 24.1 Å². The second-order valence-corrected chi connectivity index (χ2v) is 8.28. The average Bonchev–Trinajstić information content (AvgIpc) is 2.93. The second-order valence-electron chi connectivity index (χ2n) is 8.28. The van der Waals surface area contributed by atoms with Gasteiger partial charge in [-0.05, 0) is 51.5 Å². The molecule has 1 aromatic rings. The maximum atomic E-state index is 12.9. The molecule has 2 fully saturated rings. The van der Waals surface area contributed by atoms with Gasteiger partial charge in [0, 0.05) is 37.9 Å². The van der Waals surface area contributed by atoms with Crippen molar-refractivity contribution in [1.82, 2.24) is 20.2 Å². The van der Waals surface area contributed by atoms with Crippen LogP contribution in [0, 0.1) is 5.92 Å². The summed E-state index contributed by atoms with van der Waals surface area (Å²) in [5, 5.41) is 3.01. The summed E-state index contributed by atoms with van der Waals surface area (Å²) in [4.78, 5) is 24.3. The van der Waals surface area contributed by atoms with Crippen LogP contribution in [0.15, 0.2) is 12.3 Å². The zero-order valence-corrected chi connectivity index (χ0v) is 17.1. The van der Waals surface area contributed by atoms with Crippen LogP contribution in [0.1, 0.15) is 58.1 Å². The first-order valence-corrected chi connectivity index (χ1v) is 10.5. The number of carbonyl (C=O) groups is 1. The van der Waals surface area contributed by atoms with E-state index >= 15 is 0 Å². The molecule has 1 N–H and O–H groups in total. The van der Waals surface area contributed by atoms with Crippen LogP contribution in [0.3, 0.4) is 0 Å². The molecule has 29 heavy (non-hydrogen) atoms. The number of alkyl halides is 3. The van der Waals surface area contributed by atoms with Gasteiger partial charge in [-0.2, -0.15) is 13.2 Å². The van der Waals surface area contributed by atoms with Crippen molar-refractivity contribution in [2.24, 2.45) is 5.92 Å². The van der Waals surface area contributed by atoms with E-state index in [0.717, 1.165) is 51.1 Å². The highest BCUT2D eigenvalue weighted by atomic mass is 19.4. The standard InChI is InChI=1S/C20H30F3N5O/c1-14(2)25-19(29)28-11-5-3-4-6-16(28)15-8-12-27(13-9-15)18-24-10-7-17(26-18)20(21,22)23/h7,10,14-16H,3-6,8-9,11-13H2,1-2H3,(H,25,29)/t16-/m0/s1. The molecule has 2 amide bonds. The minimum atomic E-state index is -4.47. The Morgan fingerprint density at radius 2 is 1.86 bits per heavy atom. The maximum Gasteiger partial charge on any atom is 0.433 e. The molecule has 6 nitrogen and oxygen atoms in total. The zero-order chi connectivity index (χ0) is 21.0. The quantitative estimate of drug-likeness (QED) is 0.811. The Kier molecular flexibility index (Phi) is 6.85. The van der Waals surface area contributed by atoms with Crippen LogP contribution in [-0.2, 0) is 6.18 Å². The van der Waals surface area contributed by atoms with Crippen molar-refractivity contribution in [1.29, 1.82) is 0 Å². The first kappa shape index (κ1) is 21.6. The number of nitrogens with zero attached hydrogens (tertiary/aromatic N) is 4. The third-order valence-corrected chi connectivity index (χ3v) is 5.77. The molecule has 0 aromatic carbocycles. The molecule has 2 saturated heterocycles. The highest BCUT2D eigenvalue weighted by Crippen LogP contribution is 2.32. The number of urea groups is 1. The van der Waals surface area contributed by atoms with Crippen molar-refractivity contribution in [3.63, 3.8) is 0 Å². The van der Waals surface area contributed by atoms with Gasteiger partial charge in [0.05, 0.1) is 0 Å². The summed E-state index contributed by atoms with van der Waals surface area (Å²) in [6, 6.07) is 1.16.